The predicted molar refractivity (Wildman–Crippen MR) is 105 cm³/mol. The summed E-state index contributed by atoms with van der Waals surface area (Å²) in [5, 5.41) is 0. The molecule has 0 spiro atoms. The van der Waals surface area contributed by atoms with Crippen molar-refractivity contribution in [2.75, 3.05) is 13.1 Å². The average molecular weight is 403 g/mol. The molecule has 0 unspecified atom stereocenters. The van der Waals surface area contributed by atoms with Gasteiger partial charge in [-0.15, -0.1) is 0 Å². The van der Waals surface area contributed by atoms with Gasteiger partial charge in [0.15, 0.2) is 0 Å². The number of hydrogen-bond donors (Lipinski definition) is 0. The van der Waals surface area contributed by atoms with E-state index >= 15 is 0 Å². The molecule has 0 atom stereocenters. The highest BCUT2D eigenvalue weighted by Gasteiger charge is 2.27. The van der Waals surface area contributed by atoms with Crippen molar-refractivity contribution < 1.29 is 18.3 Å². The van der Waals surface area contributed by atoms with E-state index in [2.05, 4.69) is 14.9 Å². The smallest absolute Gasteiger partial charge is 0.237 e. The fourth-order valence-corrected chi connectivity index (χ4v) is 3.48. The molecule has 0 aliphatic carbocycles. The number of piperidine rings is 1. The van der Waals surface area contributed by atoms with E-state index in [1.165, 1.54) is 18.2 Å². The molecule has 1 aromatic carbocycles. The molecule has 0 amide bonds. The summed E-state index contributed by atoms with van der Waals surface area (Å²) < 4.78 is 33.5. The molecule has 0 radical (unpaired) electrons. The Balaban J connectivity index is 1.57. The van der Waals surface area contributed by atoms with Gasteiger partial charge in [0.25, 0.3) is 0 Å². The summed E-state index contributed by atoms with van der Waals surface area (Å²) >= 11 is 0. The van der Waals surface area contributed by atoms with Crippen molar-refractivity contribution in [1.29, 1.82) is 0 Å². The standard InChI is InChI=1S/C22H27F2N3O2/c1-22(2,3)29-21-19(25-9-10-26-21)14-27-11-7-15(8-12-27)20(28)13-16-17(23)5-4-6-18(16)24/h4-6,9-10,15H,7-8,11-14H2,1-3H3. The maximum atomic E-state index is 13.8. The van der Waals surface area contributed by atoms with Crippen LogP contribution in [0.25, 0.3) is 0 Å². The van der Waals surface area contributed by atoms with Gasteiger partial charge in [0.2, 0.25) is 5.88 Å². The zero-order valence-corrected chi connectivity index (χ0v) is 17.1. The van der Waals surface area contributed by atoms with Gasteiger partial charge in [0.1, 0.15) is 28.7 Å². The second kappa shape index (κ2) is 8.95. The summed E-state index contributed by atoms with van der Waals surface area (Å²) in [6.45, 7) is 7.88. The molecule has 29 heavy (non-hydrogen) atoms. The molecule has 1 saturated heterocycles. The summed E-state index contributed by atoms with van der Waals surface area (Å²) in [7, 11) is 0. The van der Waals surface area contributed by atoms with Crippen molar-refractivity contribution in [3.05, 3.63) is 53.5 Å². The predicted octanol–water partition coefficient (Wildman–Crippen LogP) is 3.96. The maximum Gasteiger partial charge on any atom is 0.237 e. The minimum absolute atomic E-state index is 0.107. The topological polar surface area (TPSA) is 55.3 Å². The fraction of sp³-hybridized carbons (Fsp3) is 0.500. The van der Waals surface area contributed by atoms with Crippen molar-refractivity contribution in [3.63, 3.8) is 0 Å². The summed E-state index contributed by atoms with van der Waals surface area (Å²) in [6.07, 6.45) is 4.37. The number of aromatic nitrogens is 2. The fourth-order valence-electron chi connectivity index (χ4n) is 3.48. The lowest BCUT2D eigenvalue weighted by atomic mass is 9.89. The Hall–Kier alpha value is -2.41. The average Bonchev–Trinajstić information content (AvgIpc) is 2.66. The van der Waals surface area contributed by atoms with Crippen LogP contribution in [-0.2, 0) is 17.8 Å². The highest BCUT2D eigenvalue weighted by molar-refractivity contribution is 5.83. The van der Waals surface area contributed by atoms with Crippen LogP contribution in [-0.4, -0.2) is 39.3 Å². The Bertz CT molecular complexity index is 839. The normalized spacial score (nSPS) is 16.0. The number of carbonyl (C=O) groups is 1. The third-order valence-electron chi connectivity index (χ3n) is 4.97. The van der Waals surface area contributed by atoms with E-state index in [1.807, 2.05) is 20.8 Å². The van der Waals surface area contributed by atoms with Gasteiger partial charge in [-0.25, -0.2) is 13.8 Å². The molecule has 2 heterocycles. The number of carbonyl (C=O) groups excluding carboxylic acids is 1. The molecule has 0 saturated carbocycles. The highest BCUT2D eigenvalue weighted by atomic mass is 19.1. The maximum absolute atomic E-state index is 13.8. The third-order valence-corrected chi connectivity index (χ3v) is 4.97. The summed E-state index contributed by atoms with van der Waals surface area (Å²) in [6, 6.07) is 3.68. The minimum atomic E-state index is -0.662. The quantitative estimate of drug-likeness (QED) is 0.731. The Morgan fingerprint density at radius 2 is 1.76 bits per heavy atom. The SMILES string of the molecule is CC(C)(C)Oc1nccnc1CN1CCC(C(=O)Cc2c(F)cccc2F)CC1. The van der Waals surface area contributed by atoms with Crippen LogP contribution >= 0.6 is 0 Å². The summed E-state index contributed by atoms with van der Waals surface area (Å²) in [5.74, 6) is -1.09. The molecular formula is C22H27F2N3O2. The second-order valence-electron chi connectivity index (χ2n) is 8.42. The van der Waals surface area contributed by atoms with Gasteiger partial charge >= 0.3 is 0 Å². The van der Waals surface area contributed by atoms with E-state index in [1.54, 1.807) is 12.4 Å². The molecule has 0 bridgehead atoms. The van der Waals surface area contributed by atoms with Crippen LogP contribution in [0.2, 0.25) is 0 Å². The molecule has 3 rings (SSSR count). The zero-order chi connectivity index (χ0) is 21.0. The number of ether oxygens (including phenoxy) is 1. The monoisotopic (exact) mass is 403 g/mol. The number of benzene rings is 1. The molecule has 5 nitrogen and oxygen atoms in total. The van der Waals surface area contributed by atoms with Crippen molar-refractivity contribution in [3.8, 4) is 5.88 Å². The third kappa shape index (κ3) is 5.79. The largest absolute Gasteiger partial charge is 0.471 e. The Labute approximate surface area is 170 Å². The van der Waals surface area contributed by atoms with E-state index in [0.29, 0.717) is 38.4 Å². The Morgan fingerprint density at radius 1 is 1.14 bits per heavy atom. The van der Waals surface area contributed by atoms with Crippen LogP contribution < -0.4 is 4.74 Å². The van der Waals surface area contributed by atoms with Gasteiger partial charge in [0.05, 0.1) is 0 Å². The Kier molecular flexibility index (Phi) is 6.57. The van der Waals surface area contributed by atoms with Crippen LogP contribution in [0, 0.1) is 17.6 Å². The first kappa shape index (κ1) is 21.3. The molecule has 1 fully saturated rings. The number of ketones is 1. The molecule has 1 aliphatic heterocycles. The van der Waals surface area contributed by atoms with Crippen LogP contribution in [0.3, 0.4) is 0 Å². The van der Waals surface area contributed by atoms with E-state index in [0.717, 1.165) is 5.69 Å². The van der Waals surface area contributed by atoms with Gasteiger partial charge in [-0.1, -0.05) is 6.07 Å². The van der Waals surface area contributed by atoms with Gasteiger partial charge < -0.3 is 4.74 Å². The number of Topliss-reactive ketones (excluding diaryl/α,β-unsaturated/α-hetero) is 1. The second-order valence-corrected chi connectivity index (χ2v) is 8.42. The molecule has 0 N–H and O–H groups in total. The number of rotatable bonds is 6. The molecular weight excluding hydrogens is 376 g/mol. The van der Waals surface area contributed by atoms with Crippen molar-refractivity contribution >= 4 is 5.78 Å². The number of hydrogen-bond acceptors (Lipinski definition) is 5. The Morgan fingerprint density at radius 3 is 2.38 bits per heavy atom. The molecule has 1 aliphatic rings. The van der Waals surface area contributed by atoms with Crippen molar-refractivity contribution in [1.82, 2.24) is 14.9 Å². The van der Waals surface area contributed by atoms with E-state index < -0.39 is 11.6 Å². The van der Waals surface area contributed by atoms with Crippen LogP contribution in [0.15, 0.2) is 30.6 Å². The number of halogens is 2. The van der Waals surface area contributed by atoms with E-state index in [4.69, 9.17) is 4.74 Å². The van der Waals surface area contributed by atoms with Gasteiger partial charge in [-0.05, 0) is 58.8 Å². The first-order chi connectivity index (χ1) is 13.7. The summed E-state index contributed by atoms with van der Waals surface area (Å²) in [5.41, 5.74) is 0.260. The lowest BCUT2D eigenvalue weighted by Crippen LogP contribution is -2.37. The van der Waals surface area contributed by atoms with Gasteiger partial charge in [-0.3, -0.25) is 14.7 Å². The first-order valence-electron chi connectivity index (χ1n) is 9.90. The molecule has 1 aromatic heterocycles. The molecule has 2 aromatic rings. The lowest BCUT2D eigenvalue weighted by molar-refractivity contribution is -0.123. The minimum Gasteiger partial charge on any atom is -0.471 e. The van der Waals surface area contributed by atoms with Gasteiger partial charge in [-0.2, -0.15) is 0 Å². The van der Waals surface area contributed by atoms with Crippen molar-refractivity contribution in [2.45, 2.75) is 52.2 Å². The van der Waals surface area contributed by atoms with E-state index in [9.17, 15) is 13.6 Å². The van der Waals surface area contributed by atoms with Crippen LogP contribution in [0.1, 0.15) is 44.9 Å². The van der Waals surface area contributed by atoms with Crippen LogP contribution in [0.5, 0.6) is 5.88 Å². The lowest BCUT2D eigenvalue weighted by Gasteiger charge is -2.31. The number of nitrogens with zero attached hydrogens (tertiary/aromatic N) is 3. The first-order valence-corrected chi connectivity index (χ1v) is 9.90. The molecule has 7 heteroatoms. The van der Waals surface area contributed by atoms with Crippen molar-refractivity contribution in [2.24, 2.45) is 5.92 Å². The van der Waals surface area contributed by atoms with Crippen LogP contribution in [0.4, 0.5) is 8.78 Å². The van der Waals surface area contributed by atoms with Gasteiger partial charge in [0, 0.05) is 36.8 Å². The summed E-state index contributed by atoms with van der Waals surface area (Å²) in [4.78, 5) is 23.5. The molecule has 156 valence electrons. The number of likely N-dealkylation sites (tertiary alicyclic amines) is 1. The highest BCUT2D eigenvalue weighted by Crippen LogP contribution is 2.25. The zero-order valence-electron chi connectivity index (χ0n) is 17.1. The van der Waals surface area contributed by atoms with E-state index in [-0.39, 0.29) is 29.3 Å².